The van der Waals surface area contributed by atoms with E-state index in [4.69, 9.17) is 0 Å². The van der Waals surface area contributed by atoms with E-state index in [2.05, 4.69) is 22.3 Å². The lowest BCUT2D eigenvalue weighted by Gasteiger charge is -2.35. The second-order valence-corrected chi connectivity index (χ2v) is 7.88. The summed E-state index contributed by atoms with van der Waals surface area (Å²) in [6, 6.07) is 24.9. The van der Waals surface area contributed by atoms with Crippen LogP contribution in [-0.2, 0) is 11.2 Å². The molecule has 0 aliphatic carbocycles. The minimum atomic E-state index is -0.345. The Morgan fingerprint density at radius 1 is 0.875 bits per heavy atom. The van der Waals surface area contributed by atoms with Crippen molar-refractivity contribution >= 4 is 23.0 Å². The van der Waals surface area contributed by atoms with Gasteiger partial charge >= 0.3 is 0 Å². The van der Waals surface area contributed by atoms with Crippen molar-refractivity contribution in [2.24, 2.45) is 0 Å². The number of nitro benzene ring substituents is 1. The van der Waals surface area contributed by atoms with Gasteiger partial charge in [0.15, 0.2) is 0 Å². The van der Waals surface area contributed by atoms with E-state index in [1.807, 2.05) is 53.4 Å². The van der Waals surface area contributed by atoms with E-state index in [1.165, 1.54) is 11.6 Å². The summed E-state index contributed by atoms with van der Waals surface area (Å²) < 4.78 is 0. The Balaban J connectivity index is 1.33. The average Bonchev–Trinajstić information content (AvgIpc) is 2.81. The summed E-state index contributed by atoms with van der Waals surface area (Å²) in [4.78, 5) is 27.8. The third kappa shape index (κ3) is 5.31. The number of nitrogens with one attached hydrogen (secondary N) is 1. The Labute approximate surface area is 187 Å². The molecule has 7 heteroatoms. The molecule has 1 heterocycles. The first-order valence-corrected chi connectivity index (χ1v) is 10.7. The number of anilines is 2. The molecule has 0 unspecified atom stereocenters. The first-order valence-electron chi connectivity index (χ1n) is 10.7. The topological polar surface area (TPSA) is 78.7 Å². The zero-order valence-corrected chi connectivity index (χ0v) is 17.8. The van der Waals surface area contributed by atoms with Crippen LogP contribution < -0.4 is 10.2 Å². The summed E-state index contributed by atoms with van der Waals surface area (Å²) >= 11 is 0. The van der Waals surface area contributed by atoms with Crippen molar-refractivity contribution in [3.8, 4) is 0 Å². The first-order chi connectivity index (χ1) is 15.6. The standard InChI is InChI=1S/C25H26N4O3/c30-25(26-22-11-5-4-10-21(22)18-20-8-2-1-3-9-20)19-27-14-16-28(17-15-27)23-12-6-7-13-24(23)29(31)32/h1-13H,14-19H2,(H,26,30). The molecule has 1 aliphatic rings. The largest absolute Gasteiger partial charge is 0.363 e. The van der Waals surface area contributed by atoms with E-state index in [-0.39, 0.29) is 16.5 Å². The van der Waals surface area contributed by atoms with Crippen LogP contribution in [0.4, 0.5) is 17.1 Å². The Kier molecular flexibility index (Phi) is 6.77. The summed E-state index contributed by atoms with van der Waals surface area (Å²) in [5.41, 5.74) is 3.86. The van der Waals surface area contributed by atoms with Crippen molar-refractivity contribution in [3.05, 3.63) is 100 Å². The predicted molar refractivity (Wildman–Crippen MR) is 126 cm³/mol. The van der Waals surface area contributed by atoms with Gasteiger partial charge in [-0.2, -0.15) is 0 Å². The quantitative estimate of drug-likeness (QED) is 0.454. The zero-order valence-electron chi connectivity index (χ0n) is 17.8. The van der Waals surface area contributed by atoms with Gasteiger partial charge in [-0.25, -0.2) is 0 Å². The van der Waals surface area contributed by atoms with Crippen LogP contribution >= 0.6 is 0 Å². The van der Waals surface area contributed by atoms with Gasteiger partial charge in [-0.3, -0.25) is 19.8 Å². The number of benzene rings is 3. The molecule has 4 rings (SSSR count). The fourth-order valence-corrected chi connectivity index (χ4v) is 4.04. The minimum absolute atomic E-state index is 0.0512. The summed E-state index contributed by atoms with van der Waals surface area (Å²) in [7, 11) is 0. The molecule has 0 atom stereocenters. The van der Waals surface area contributed by atoms with E-state index in [0.29, 0.717) is 38.4 Å². The SMILES string of the molecule is O=C(CN1CCN(c2ccccc2[N+](=O)[O-])CC1)Nc1ccccc1Cc1ccccc1. The van der Waals surface area contributed by atoms with Crippen LogP contribution in [0.25, 0.3) is 0 Å². The highest BCUT2D eigenvalue weighted by atomic mass is 16.6. The van der Waals surface area contributed by atoms with Crippen LogP contribution in [0.2, 0.25) is 0 Å². The molecule has 0 saturated carbocycles. The lowest BCUT2D eigenvalue weighted by atomic mass is 10.0. The Hall–Kier alpha value is -3.71. The fraction of sp³-hybridized carbons (Fsp3) is 0.240. The van der Waals surface area contributed by atoms with Gasteiger partial charge in [0, 0.05) is 37.9 Å². The number of para-hydroxylation sites is 3. The Morgan fingerprint density at radius 3 is 2.28 bits per heavy atom. The molecular weight excluding hydrogens is 404 g/mol. The van der Waals surface area contributed by atoms with Crippen molar-refractivity contribution in [1.82, 2.24) is 4.90 Å². The van der Waals surface area contributed by atoms with Crippen molar-refractivity contribution in [2.75, 3.05) is 42.9 Å². The average molecular weight is 431 g/mol. The number of rotatable bonds is 7. The van der Waals surface area contributed by atoms with E-state index < -0.39 is 0 Å². The third-order valence-electron chi connectivity index (χ3n) is 5.69. The molecule has 1 saturated heterocycles. The third-order valence-corrected chi connectivity index (χ3v) is 5.69. The van der Waals surface area contributed by atoms with Crippen LogP contribution in [0.15, 0.2) is 78.9 Å². The molecule has 1 amide bonds. The first kappa shape index (κ1) is 21.5. The molecule has 1 N–H and O–H groups in total. The van der Waals surface area contributed by atoms with E-state index >= 15 is 0 Å². The molecule has 164 valence electrons. The molecule has 3 aromatic carbocycles. The molecule has 1 fully saturated rings. The predicted octanol–water partition coefficient (Wildman–Crippen LogP) is 3.95. The molecule has 0 spiro atoms. The highest BCUT2D eigenvalue weighted by molar-refractivity contribution is 5.93. The van der Waals surface area contributed by atoms with Crippen LogP contribution in [-0.4, -0.2) is 48.5 Å². The van der Waals surface area contributed by atoms with Crippen molar-refractivity contribution in [2.45, 2.75) is 6.42 Å². The number of carbonyl (C=O) groups is 1. The Bertz CT molecular complexity index is 1080. The van der Waals surface area contributed by atoms with Crippen LogP contribution in [0.3, 0.4) is 0 Å². The summed E-state index contributed by atoms with van der Waals surface area (Å²) in [6.07, 6.45) is 0.756. The van der Waals surface area contributed by atoms with Gasteiger partial charge in [0.25, 0.3) is 5.69 Å². The molecule has 0 aromatic heterocycles. The van der Waals surface area contributed by atoms with Gasteiger partial charge in [0.1, 0.15) is 5.69 Å². The maximum absolute atomic E-state index is 12.7. The van der Waals surface area contributed by atoms with Gasteiger partial charge in [0.2, 0.25) is 5.91 Å². The van der Waals surface area contributed by atoms with Crippen LogP contribution in [0.1, 0.15) is 11.1 Å². The van der Waals surface area contributed by atoms with Gasteiger partial charge in [-0.05, 0) is 29.7 Å². The van der Waals surface area contributed by atoms with Crippen molar-refractivity contribution in [1.29, 1.82) is 0 Å². The number of nitro groups is 1. The minimum Gasteiger partial charge on any atom is -0.363 e. The molecule has 32 heavy (non-hydrogen) atoms. The second kappa shape index (κ2) is 10.1. The highest BCUT2D eigenvalue weighted by Gasteiger charge is 2.24. The summed E-state index contributed by atoms with van der Waals surface area (Å²) in [5.74, 6) is -0.0512. The number of piperazine rings is 1. The van der Waals surface area contributed by atoms with Gasteiger partial charge in [-0.15, -0.1) is 0 Å². The van der Waals surface area contributed by atoms with Crippen LogP contribution in [0.5, 0.6) is 0 Å². The molecule has 0 bridgehead atoms. The number of amides is 1. The number of carbonyl (C=O) groups excluding carboxylic acids is 1. The number of hydrogen-bond donors (Lipinski definition) is 1. The molecular formula is C25H26N4O3. The lowest BCUT2D eigenvalue weighted by molar-refractivity contribution is -0.384. The summed E-state index contributed by atoms with van der Waals surface area (Å²) in [5, 5.41) is 14.4. The van der Waals surface area contributed by atoms with Crippen molar-refractivity contribution < 1.29 is 9.72 Å². The monoisotopic (exact) mass is 430 g/mol. The smallest absolute Gasteiger partial charge is 0.292 e. The van der Waals surface area contributed by atoms with Gasteiger partial charge in [-0.1, -0.05) is 60.7 Å². The number of nitrogens with zero attached hydrogens (tertiary/aromatic N) is 3. The maximum Gasteiger partial charge on any atom is 0.292 e. The molecule has 7 nitrogen and oxygen atoms in total. The molecule has 3 aromatic rings. The zero-order chi connectivity index (χ0) is 22.3. The Morgan fingerprint density at radius 2 is 1.53 bits per heavy atom. The van der Waals surface area contributed by atoms with Gasteiger partial charge in [0.05, 0.1) is 11.5 Å². The molecule has 1 aliphatic heterocycles. The molecule has 0 radical (unpaired) electrons. The maximum atomic E-state index is 12.7. The van der Waals surface area contributed by atoms with Gasteiger partial charge < -0.3 is 10.2 Å². The summed E-state index contributed by atoms with van der Waals surface area (Å²) in [6.45, 7) is 2.92. The van der Waals surface area contributed by atoms with E-state index in [1.54, 1.807) is 12.1 Å². The lowest BCUT2D eigenvalue weighted by Crippen LogP contribution is -2.48. The highest BCUT2D eigenvalue weighted by Crippen LogP contribution is 2.28. The second-order valence-electron chi connectivity index (χ2n) is 7.88. The number of hydrogen-bond acceptors (Lipinski definition) is 5. The van der Waals surface area contributed by atoms with Crippen molar-refractivity contribution in [3.63, 3.8) is 0 Å². The van der Waals surface area contributed by atoms with Crippen LogP contribution in [0, 0.1) is 10.1 Å². The van der Waals surface area contributed by atoms with E-state index in [0.717, 1.165) is 17.7 Å². The fourth-order valence-electron chi connectivity index (χ4n) is 4.04. The van der Waals surface area contributed by atoms with E-state index in [9.17, 15) is 14.9 Å². The normalized spacial score (nSPS) is 14.2.